The molecule has 0 unspecified atom stereocenters. The smallest absolute Gasteiger partial charge is 0.172 e. The highest BCUT2D eigenvalue weighted by Crippen LogP contribution is 2.18. The topological polar surface area (TPSA) is 37.8 Å². The summed E-state index contributed by atoms with van der Waals surface area (Å²) in [6.45, 7) is 2.93. The van der Waals surface area contributed by atoms with Crippen molar-refractivity contribution < 1.29 is 0 Å². The molecule has 0 saturated heterocycles. The van der Waals surface area contributed by atoms with Crippen molar-refractivity contribution in [1.82, 2.24) is 9.97 Å². The molecule has 1 N–H and O–H groups in total. The Bertz CT molecular complexity index is 267. The number of nitrogens with zero attached hydrogens (tertiary/aromatic N) is 2. The molecule has 0 aliphatic rings. The minimum absolute atomic E-state index is 0.401. The second-order valence-electron chi connectivity index (χ2n) is 2.26. The van der Waals surface area contributed by atoms with Crippen LogP contribution in [0.3, 0.4) is 0 Å². The van der Waals surface area contributed by atoms with Crippen LogP contribution in [-0.2, 0) is 0 Å². The van der Waals surface area contributed by atoms with Crippen molar-refractivity contribution in [1.29, 1.82) is 0 Å². The largest absolute Gasteiger partial charge is 0.368 e. The van der Waals surface area contributed by atoms with Gasteiger partial charge >= 0.3 is 0 Å². The first-order valence-corrected chi connectivity index (χ1v) is 4.83. The predicted octanol–water partition coefficient (Wildman–Crippen LogP) is 2.71. The van der Waals surface area contributed by atoms with E-state index in [1.165, 1.54) is 0 Å². The molecule has 66 valence electrons. The van der Waals surface area contributed by atoms with E-state index in [-0.39, 0.29) is 0 Å². The maximum atomic E-state index is 5.80. The third-order valence-electron chi connectivity index (χ3n) is 1.24. The number of aromatic nitrogens is 2. The van der Waals surface area contributed by atoms with Crippen molar-refractivity contribution in [3.63, 3.8) is 0 Å². The second-order valence-corrected chi connectivity index (χ2v) is 3.43. The second kappa shape index (κ2) is 4.62. The van der Waals surface area contributed by atoms with Gasteiger partial charge in [0.1, 0.15) is 4.60 Å². The summed E-state index contributed by atoms with van der Waals surface area (Å²) in [4.78, 5) is 8.05. The summed E-state index contributed by atoms with van der Waals surface area (Å²) in [5, 5.41) is 3.46. The first kappa shape index (κ1) is 9.74. The van der Waals surface area contributed by atoms with Crippen molar-refractivity contribution in [3.8, 4) is 0 Å². The van der Waals surface area contributed by atoms with Crippen LogP contribution in [0.4, 0.5) is 5.82 Å². The maximum absolute atomic E-state index is 5.80. The molecule has 0 bridgehead atoms. The van der Waals surface area contributed by atoms with Gasteiger partial charge in [0.25, 0.3) is 0 Å². The van der Waals surface area contributed by atoms with Crippen molar-refractivity contribution in [2.75, 3.05) is 11.9 Å². The molecule has 0 amide bonds. The third kappa shape index (κ3) is 2.60. The number of anilines is 1. The molecule has 0 atom stereocenters. The maximum Gasteiger partial charge on any atom is 0.172 e. The Balaban J connectivity index is 2.72. The molecule has 0 aliphatic carbocycles. The van der Waals surface area contributed by atoms with Crippen LogP contribution in [0.15, 0.2) is 10.8 Å². The van der Waals surface area contributed by atoms with Crippen LogP contribution in [0.1, 0.15) is 13.3 Å². The van der Waals surface area contributed by atoms with Crippen LogP contribution in [-0.4, -0.2) is 16.5 Å². The molecule has 0 aromatic carbocycles. The Morgan fingerprint density at radius 3 is 3.00 bits per heavy atom. The van der Waals surface area contributed by atoms with Crippen molar-refractivity contribution in [2.45, 2.75) is 13.3 Å². The highest BCUT2D eigenvalue weighted by Gasteiger charge is 2.01. The summed E-state index contributed by atoms with van der Waals surface area (Å²) in [5.74, 6) is 0.640. The lowest BCUT2D eigenvalue weighted by Crippen LogP contribution is -2.03. The average molecular weight is 251 g/mol. The fraction of sp³-hybridized carbons (Fsp3) is 0.429. The molecule has 1 aromatic heterocycles. The third-order valence-corrected chi connectivity index (χ3v) is 1.89. The molecule has 0 aliphatic heterocycles. The van der Waals surface area contributed by atoms with Crippen LogP contribution >= 0.6 is 27.5 Å². The predicted molar refractivity (Wildman–Crippen MR) is 53.5 cm³/mol. The lowest BCUT2D eigenvalue weighted by molar-refractivity contribution is 0.963. The number of hydrogen-bond acceptors (Lipinski definition) is 3. The number of rotatable bonds is 3. The highest BCUT2D eigenvalue weighted by atomic mass is 79.9. The van der Waals surface area contributed by atoms with Crippen molar-refractivity contribution >= 4 is 33.3 Å². The van der Waals surface area contributed by atoms with Crippen LogP contribution in [0.5, 0.6) is 0 Å². The van der Waals surface area contributed by atoms with E-state index >= 15 is 0 Å². The van der Waals surface area contributed by atoms with Gasteiger partial charge in [-0.1, -0.05) is 18.5 Å². The fourth-order valence-corrected chi connectivity index (χ4v) is 1.30. The molecule has 5 heteroatoms. The van der Waals surface area contributed by atoms with E-state index in [2.05, 4.69) is 38.1 Å². The SMILES string of the molecule is CCCNc1ncc(Br)nc1Cl. The normalized spacial score (nSPS) is 9.92. The first-order chi connectivity index (χ1) is 5.74. The Morgan fingerprint density at radius 1 is 1.67 bits per heavy atom. The Labute approximate surface area is 84.7 Å². The zero-order valence-electron chi connectivity index (χ0n) is 6.64. The van der Waals surface area contributed by atoms with E-state index in [0.717, 1.165) is 13.0 Å². The zero-order chi connectivity index (χ0) is 8.97. The van der Waals surface area contributed by atoms with Crippen molar-refractivity contribution in [3.05, 3.63) is 16.0 Å². The van der Waals surface area contributed by atoms with Gasteiger partial charge in [0, 0.05) is 6.54 Å². The lowest BCUT2D eigenvalue weighted by atomic mass is 10.5. The van der Waals surface area contributed by atoms with E-state index in [0.29, 0.717) is 15.6 Å². The van der Waals surface area contributed by atoms with Gasteiger partial charge < -0.3 is 5.32 Å². The number of nitrogens with one attached hydrogen (secondary N) is 1. The first-order valence-electron chi connectivity index (χ1n) is 3.66. The molecule has 1 aromatic rings. The molecule has 1 rings (SSSR count). The Morgan fingerprint density at radius 2 is 2.42 bits per heavy atom. The van der Waals surface area contributed by atoms with Gasteiger partial charge in [0.15, 0.2) is 11.0 Å². The molecule has 0 saturated carbocycles. The quantitative estimate of drug-likeness (QED) is 0.896. The van der Waals surface area contributed by atoms with Gasteiger partial charge in [-0.3, -0.25) is 0 Å². The Kier molecular flexibility index (Phi) is 3.75. The zero-order valence-corrected chi connectivity index (χ0v) is 8.98. The van der Waals surface area contributed by atoms with Gasteiger partial charge in [0.05, 0.1) is 6.20 Å². The van der Waals surface area contributed by atoms with Gasteiger partial charge in [-0.25, -0.2) is 9.97 Å². The molecule has 0 radical (unpaired) electrons. The van der Waals surface area contributed by atoms with Gasteiger partial charge in [-0.2, -0.15) is 0 Å². The number of halogens is 2. The highest BCUT2D eigenvalue weighted by molar-refractivity contribution is 9.10. The van der Waals surface area contributed by atoms with E-state index < -0.39 is 0 Å². The summed E-state index contributed by atoms with van der Waals surface area (Å²) < 4.78 is 0.648. The summed E-state index contributed by atoms with van der Waals surface area (Å²) in [6, 6.07) is 0. The van der Waals surface area contributed by atoms with E-state index in [4.69, 9.17) is 11.6 Å². The van der Waals surface area contributed by atoms with Crippen LogP contribution in [0, 0.1) is 0 Å². The molecule has 1 heterocycles. The van der Waals surface area contributed by atoms with Crippen LogP contribution in [0.25, 0.3) is 0 Å². The average Bonchev–Trinajstić information content (AvgIpc) is 2.03. The molecule has 3 nitrogen and oxygen atoms in total. The lowest BCUT2D eigenvalue weighted by Gasteiger charge is -2.04. The summed E-state index contributed by atoms with van der Waals surface area (Å²) >= 11 is 8.98. The Hall–Kier alpha value is -0.350. The van der Waals surface area contributed by atoms with E-state index in [1.807, 2.05) is 0 Å². The van der Waals surface area contributed by atoms with E-state index in [9.17, 15) is 0 Å². The van der Waals surface area contributed by atoms with Crippen molar-refractivity contribution in [2.24, 2.45) is 0 Å². The minimum Gasteiger partial charge on any atom is -0.368 e. The molecular formula is C7H9BrClN3. The molecular weight excluding hydrogens is 241 g/mol. The standard InChI is InChI=1S/C7H9BrClN3/c1-2-3-10-7-6(9)12-5(8)4-11-7/h4H,2-3H2,1H3,(H,10,11). The molecule has 0 fully saturated rings. The van der Waals surface area contributed by atoms with E-state index in [1.54, 1.807) is 6.20 Å². The summed E-state index contributed by atoms with van der Waals surface area (Å²) in [5.41, 5.74) is 0. The summed E-state index contributed by atoms with van der Waals surface area (Å²) in [7, 11) is 0. The minimum atomic E-state index is 0.401. The van der Waals surface area contributed by atoms with Gasteiger partial charge in [-0.15, -0.1) is 0 Å². The van der Waals surface area contributed by atoms with Gasteiger partial charge in [0.2, 0.25) is 0 Å². The fourth-order valence-electron chi connectivity index (χ4n) is 0.709. The van der Waals surface area contributed by atoms with Crippen LogP contribution < -0.4 is 5.32 Å². The molecule has 12 heavy (non-hydrogen) atoms. The molecule has 0 spiro atoms. The van der Waals surface area contributed by atoms with Crippen LogP contribution in [0.2, 0.25) is 5.15 Å². The number of hydrogen-bond donors (Lipinski definition) is 1. The summed E-state index contributed by atoms with van der Waals surface area (Å²) in [6.07, 6.45) is 2.65. The van der Waals surface area contributed by atoms with Gasteiger partial charge in [-0.05, 0) is 22.4 Å². The monoisotopic (exact) mass is 249 g/mol.